The molecule has 1 saturated carbocycles. The summed E-state index contributed by atoms with van der Waals surface area (Å²) in [5.41, 5.74) is 0. The lowest BCUT2D eigenvalue weighted by Gasteiger charge is -2.34. The van der Waals surface area contributed by atoms with Crippen molar-refractivity contribution in [3.05, 3.63) is 0 Å². The zero-order valence-corrected chi connectivity index (χ0v) is 12.5. The highest BCUT2D eigenvalue weighted by molar-refractivity contribution is 5.85. The maximum Gasteiger partial charge on any atom is 0.307 e. The van der Waals surface area contributed by atoms with Gasteiger partial charge in [0.2, 0.25) is 5.91 Å². The van der Waals surface area contributed by atoms with Gasteiger partial charge in [-0.25, -0.2) is 0 Å². The van der Waals surface area contributed by atoms with Crippen LogP contribution >= 0.6 is 0 Å². The third-order valence-corrected chi connectivity index (χ3v) is 4.64. The predicted octanol–water partition coefficient (Wildman–Crippen LogP) is 1.43. The van der Waals surface area contributed by atoms with E-state index in [-0.39, 0.29) is 17.9 Å². The number of nitrogens with zero attached hydrogens (tertiary/aromatic N) is 2. The summed E-state index contributed by atoms with van der Waals surface area (Å²) in [6.07, 6.45) is 5.37. The number of likely N-dealkylation sites (tertiary alicyclic amines) is 1. The van der Waals surface area contributed by atoms with E-state index >= 15 is 0 Å². The molecule has 1 saturated heterocycles. The number of aliphatic carboxylic acids is 1. The SMILES string of the molecule is CN(C)CC1CCCN1C(=O)[C@@H]1CCCC[C@@H]1C(=O)O. The highest BCUT2D eigenvalue weighted by Crippen LogP contribution is 2.33. The van der Waals surface area contributed by atoms with E-state index in [1.807, 2.05) is 19.0 Å². The lowest BCUT2D eigenvalue weighted by Crippen LogP contribution is -2.47. The molecule has 0 aromatic carbocycles. The Balaban J connectivity index is 2.06. The summed E-state index contributed by atoms with van der Waals surface area (Å²) in [4.78, 5) is 28.2. The summed E-state index contributed by atoms with van der Waals surface area (Å²) in [7, 11) is 4.03. The van der Waals surface area contributed by atoms with Crippen LogP contribution in [0.25, 0.3) is 0 Å². The van der Waals surface area contributed by atoms with Gasteiger partial charge in [0.1, 0.15) is 0 Å². The Morgan fingerprint density at radius 2 is 1.75 bits per heavy atom. The van der Waals surface area contributed by atoms with E-state index in [1.165, 1.54) is 0 Å². The van der Waals surface area contributed by atoms with Crippen LogP contribution in [0.15, 0.2) is 0 Å². The molecule has 1 amide bonds. The fraction of sp³-hybridized carbons (Fsp3) is 0.867. The number of rotatable bonds is 4. The van der Waals surface area contributed by atoms with Crippen LogP contribution in [0.1, 0.15) is 38.5 Å². The first kappa shape index (κ1) is 15.3. The number of carboxylic acid groups (broad SMARTS) is 1. The highest BCUT2D eigenvalue weighted by Gasteiger charge is 2.40. The highest BCUT2D eigenvalue weighted by atomic mass is 16.4. The van der Waals surface area contributed by atoms with Crippen LogP contribution in [-0.2, 0) is 9.59 Å². The van der Waals surface area contributed by atoms with Gasteiger partial charge in [-0.15, -0.1) is 0 Å². The number of hydrogen-bond donors (Lipinski definition) is 1. The lowest BCUT2D eigenvalue weighted by atomic mass is 9.78. The first-order valence-electron chi connectivity index (χ1n) is 7.68. The Bertz CT molecular complexity index is 370. The fourth-order valence-corrected chi connectivity index (χ4v) is 3.67. The van der Waals surface area contributed by atoms with Crippen molar-refractivity contribution in [2.45, 2.75) is 44.6 Å². The molecule has 0 aromatic rings. The van der Waals surface area contributed by atoms with Gasteiger partial charge in [0, 0.05) is 19.1 Å². The molecular formula is C15H26N2O3. The van der Waals surface area contributed by atoms with E-state index in [2.05, 4.69) is 4.90 Å². The number of carbonyl (C=O) groups is 2. The van der Waals surface area contributed by atoms with Gasteiger partial charge < -0.3 is 14.9 Å². The molecule has 0 radical (unpaired) electrons. The van der Waals surface area contributed by atoms with E-state index in [0.717, 1.165) is 45.2 Å². The Hall–Kier alpha value is -1.10. The summed E-state index contributed by atoms with van der Waals surface area (Å²) in [6, 6.07) is 0.258. The van der Waals surface area contributed by atoms with Crippen LogP contribution in [0.5, 0.6) is 0 Å². The predicted molar refractivity (Wildman–Crippen MR) is 76.4 cm³/mol. The van der Waals surface area contributed by atoms with Crippen molar-refractivity contribution in [3.63, 3.8) is 0 Å². The molecule has 1 heterocycles. The molecule has 5 nitrogen and oxygen atoms in total. The van der Waals surface area contributed by atoms with Crippen LogP contribution in [0, 0.1) is 11.8 Å². The van der Waals surface area contributed by atoms with Gasteiger partial charge in [0.05, 0.1) is 11.8 Å². The van der Waals surface area contributed by atoms with Gasteiger partial charge in [0.15, 0.2) is 0 Å². The molecular weight excluding hydrogens is 256 g/mol. The molecule has 2 aliphatic rings. The van der Waals surface area contributed by atoms with Crippen molar-refractivity contribution in [1.29, 1.82) is 0 Å². The minimum Gasteiger partial charge on any atom is -0.481 e. The zero-order chi connectivity index (χ0) is 14.7. The Labute approximate surface area is 120 Å². The second kappa shape index (κ2) is 6.57. The average Bonchev–Trinajstić information content (AvgIpc) is 2.85. The van der Waals surface area contributed by atoms with Crippen molar-refractivity contribution < 1.29 is 14.7 Å². The molecule has 20 heavy (non-hydrogen) atoms. The normalized spacial score (nSPS) is 30.8. The smallest absolute Gasteiger partial charge is 0.307 e. The second-order valence-corrected chi connectivity index (χ2v) is 6.43. The molecule has 1 N–H and O–H groups in total. The van der Waals surface area contributed by atoms with Gasteiger partial charge in [-0.2, -0.15) is 0 Å². The zero-order valence-electron chi connectivity index (χ0n) is 12.5. The number of carboxylic acids is 1. The van der Waals surface area contributed by atoms with Crippen molar-refractivity contribution in [3.8, 4) is 0 Å². The quantitative estimate of drug-likeness (QED) is 0.847. The molecule has 0 bridgehead atoms. The lowest BCUT2D eigenvalue weighted by molar-refractivity contribution is -0.152. The largest absolute Gasteiger partial charge is 0.481 e. The Morgan fingerprint density at radius 3 is 2.35 bits per heavy atom. The molecule has 1 unspecified atom stereocenters. The summed E-state index contributed by atoms with van der Waals surface area (Å²) in [6.45, 7) is 1.66. The summed E-state index contributed by atoms with van der Waals surface area (Å²) < 4.78 is 0. The van der Waals surface area contributed by atoms with E-state index in [1.54, 1.807) is 0 Å². The third kappa shape index (κ3) is 3.32. The summed E-state index contributed by atoms with van der Waals surface area (Å²) in [5.74, 6) is -1.49. The number of hydrogen-bond acceptors (Lipinski definition) is 3. The number of likely N-dealkylation sites (N-methyl/N-ethyl adjacent to an activating group) is 1. The van der Waals surface area contributed by atoms with Crippen LogP contribution in [-0.4, -0.2) is 60.0 Å². The van der Waals surface area contributed by atoms with Gasteiger partial charge in [-0.05, 0) is 39.8 Å². The molecule has 0 spiro atoms. The van der Waals surface area contributed by atoms with Crippen LogP contribution in [0.3, 0.4) is 0 Å². The van der Waals surface area contributed by atoms with E-state index < -0.39 is 11.9 Å². The number of amides is 1. The van der Waals surface area contributed by atoms with E-state index in [4.69, 9.17) is 0 Å². The first-order valence-corrected chi connectivity index (χ1v) is 7.68. The molecule has 2 fully saturated rings. The molecule has 114 valence electrons. The van der Waals surface area contributed by atoms with Crippen LogP contribution in [0.4, 0.5) is 0 Å². The molecule has 5 heteroatoms. The standard InChI is InChI=1S/C15H26N2O3/c1-16(2)10-11-6-5-9-17(11)14(18)12-7-3-4-8-13(12)15(19)20/h11-13H,3-10H2,1-2H3,(H,19,20)/t11?,12-,13+/m1/s1. The summed E-state index contributed by atoms with van der Waals surface area (Å²) in [5, 5.41) is 9.33. The first-order chi connectivity index (χ1) is 9.50. The monoisotopic (exact) mass is 282 g/mol. The van der Waals surface area contributed by atoms with E-state index in [9.17, 15) is 14.7 Å². The van der Waals surface area contributed by atoms with Crippen LogP contribution < -0.4 is 0 Å². The Kier molecular flexibility index (Phi) is 5.02. The number of carbonyl (C=O) groups excluding carboxylic acids is 1. The average molecular weight is 282 g/mol. The molecule has 3 atom stereocenters. The molecule has 2 rings (SSSR count). The molecule has 1 aliphatic carbocycles. The minimum absolute atomic E-state index is 0.0847. The minimum atomic E-state index is -0.800. The topological polar surface area (TPSA) is 60.9 Å². The fourth-order valence-electron chi connectivity index (χ4n) is 3.67. The Morgan fingerprint density at radius 1 is 1.10 bits per heavy atom. The van der Waals surface area contributed by atoms with Crippen molar-refractivity contribution in [2.75, 3.05) is 27.2 Å². The maximum atomic E-state index is 12.8. The third-order valence-electron chi connectivity index (χ3n) is 4.64. The summed E-state index contributed by atoms with van der Waals surface area (Å²) >= 11 is 0. The molecule has 0 aromatic heterocycles. The van der Waals surface area contributed by atoms with Gasteiger partial charge in [0.25, 0.3) is 0 Å². The van der Waals surface area contributed by atoms with Crippen LogP contribution in [0.2, 0.25) is 0 Å². The van der Waals surface area contributed by atoms with Gasteiger partial charge in [-0.3, -0.25) is 9.59 Å². The molecule has 1 aliphatic heterocycles. The van der Waals surface area contributed by atoms with Gasteiger partial charge >= 0.3 is 5.97 Å². The van der Waals surface area contributed by atoms with E-state index in [0.29, 0.717) is 6.42 Å². The van der Waals surface area contributed by atoms with Crippen molar-refractivity contribution >= 4 is 11.9 Å². The second-order valence-electron chi connectivity index (χ2n) is 6.43. The maximum absolute atomic E-state index is 12.8. The van der Waals surface area contributed by atoms with Gasteiger partial charge in [-0.1, -0.05) is 12.8 Å². The van der Waals surface area contributed by atoms with Crippen molar-refractivity contribution in [1.82, 2.24) is 9.80 Å². The van der Waals surface area contributed by atoms with Crippen molar-refractivity contribution in [2.24, 2.45) is 11.8 Å².